The number of hydrogen-bond acceptors (Lipinski definition) is 4. The first kappa shape index (κ1) is 25.3. The van der Waals surface area contributed by atoms with Crippen LogP contribution in [-0.2, 0) is 4.74 Å². The predicted octanol–water partition coefficient (Wildman–Crippen LogP) is 5.15. The number of urea groups is 1. The van der Waals surface area contributed by atoms with E-state index in [1.54, 1.807) is 25.1 Å². The third-order valence-electron chi connectivity index (χ3n) is 6.62. The number of ether oxygens (including phenoxy) is 1. The lowest BCUT2D eigenvalue weighted by molar-refractivity contribution is 0.0744. The molecule has 3 amide bonds. The summed E-state index contributed by atoms with van der Waals surface area (Å²) in [7, 11) is 3.38. The summed E-state index contributed by atoms with van der Waals surface area (Å²) >= 11 is 0. The zero-order valence-corrected chi connectivity index (χ0v) is 21.3. The highest BCUT2D eigenvalue weighted by molar-refractivity contribution is 6.01. The summed E-state index contributed by atoms with van der Waals surface area (Å²) < 4.78 is 7.34. The molecule has 0 bridgehead atoms. The lowest BCUT2D eigenvalue weighted by atomic mass is 9.92. The van der Waals surface area contributed by atoms with Gasteiger partial charge in [-0.15, -0.1) is 0 Å². The summed E-state index contributed by atoms with van der Waals surface area (Å²) in [5.74, 6) is -0.0783. The lowest BCUT2D eigenvalue weighted by Gasteiger charge is -2.30. The number of fused-ring (bicyclic) bond motifs is 1. The van der Waals surface area contributed by atoms with E-state index in [-0.39, 0.29) is 24.0 Å². The normalized spacial score (nSPS) is 13.3. The van der Waals surface area contributed by atoms with Crippen molar-refractivity contribution in [1.82, 2.24) is 14.8 Å². The van der Waals surface area contributed by atoms with Crippen molar-refractivity contribution in [2.75, 3.05) is 32.6 Å². The number of aromatic nitrogens is 1. The molecule has 8 nitrogen and oxygen atoms in total. The SMILES string of the molecule is COCCN(C)C(=O)c1ccc2c(C#N)c(-c3ccc(NC(=O)NC(C)C)cc3)n(C3CCC3)c2c1. The number of nitrogens with zero attached hydrogens (tertiary/aromatic N) is 3. The van der Waals surface area contributed by atoms with E-state index < -0.39 is 0 Å². The first-order valence-corrected chi connectivity index (χ1v) is 12.3. The summed E-state index contributed by atoms with van der Waals surface area (Å²) in [5.41, 5.74) is 4.51. The van der Waals surface area contributed by atoms with Gasteiger partial charge >= 0.3 is 6.03 Å². The molecule has 1 aliphatic carbocycles. The van der Waals surface area contributed by atoms with Crippen LogP contribution in [-0.4, -0.2) is 54.8 Å². The van der Waals surface area contributed by atoms with Gasteiger partial charge in [0, 0.05) is 49.4 Å². The fourth-order valence-corrected chi connectivity index (χ4v) is 4.56. The molecule has 4 rings (SSSR count). The zero-order valence-electron chi connectivity index (χ0n) is 21.3. The molecule has 0 saturated heterocycles. The minimum Gasteiger partial charge on any atom is -0.383 e. The first-order chi connectivity index (χ1) is 17.3. The van der Waals surface area contributed by atoms with E-state index in [9.17, 15) is 14.9 Å². The minimum atomic E-state index is -0.258. The van der Waals surface area contributed by atoms with Crippen LogP contribution in [0.1, 0.15) is 55.1 Å². The highest BCUT2D eigenvalue weighted by Gasteiger charge is 2.28. The average molecular weight is 488 g/mol. The number of anilines is 1. The van der Waals surface area contributed by atoms with Crippen molar-refractivity contribution < 1.29 is 14.3 Å². The fourth-order valence-electron chi connectivity index (χ4n) is 4.56. The van der Waals surface area contributed by atoms with Gasteiger partial charge in [-0.2, -0.15) is 5.26 Å². The van der Waals surface area contributed by atoms with Crippen molar-refractivity contribution in [3.8, 4) is 17.3 Å². The number of methoxy groups -OCH3 is 1. The molecule has 0 atom stereocenters. The molecule has 2 N–H and O–H groups in total. The van der Waals surface area contributed by atoms with Crippen LogP contribution in [0.5, 0.6) is 0 Å². The minimum absolute atomic E-state index is 0.0391. The molecule has 1 aliphatic rings. The molecular formula is C28H33N5O3. The molecule has 8 heteroatoms. The summed E-state index contributed by atoms with van der Waals surface area (Å²) in [6.07, 6.45) is 3.20. The highest BCUT2D eigenvalue weighted by atomic mass is 16.5. The first-order valence-electron chi connectivity index (χ1n) is 12.3. The second kappa shape index (κ2) is 10.8. The molecule has 0 spiro atoms. The van der Waals surface area contributed by atoms with Gasteiger partial charge in [0.25, 0.3) is 5.91 Å². The van der Waals surface area contributed by atoms with E-state index in [0.29, 0.717) is 30.0 Å². The molecule has 3 aromatic rings. The van der Waals surface area contributed by atoms with Gasteiger partial charge in [0.15, 0.2) is 0 Å². The van der Waals surface area contributed by atoms with E-state index in [0.717, 1.165) is 41.4 Å². The van der Waals surface area contributed by atoms with Gasteiger partial charge in [0.1, 0.15) is 6.07 Å². The van der Waals surface area contributed by atoms with Crippen molar-refractivity contribution in [3.05, 3.63) is 53.6 Å². The number of benzene rings is 2. The van der Waals surface area contributed by atoms with Gasteiger partial charge in [-0.1, -0.05) is 18.2 Å². The van der Waals surface area contributed by atoms with Crippen LogP contribution in [0, 0.1) is 11.3 Å². The average Bonchev–Trinajstić information content (AvgIpc) is 3.14. The van der Waals surface area contributed by atoms with Gasteiger partial charge in [-0.25, -0.2) is 4.79 Å². The predicted molar refractivity (Wildman–Crippen MR) is 141 cm³/mol. The number of likely N-dealkylation sites (N-methyl/N-ethyl adjacent to an activating group) is 1. The van der Waals surface area contributed by atoms with Crippen LogP contribution in [0.15, 0.2) is 42.5 Å². The van der Waals surface area contributed by atoms with Gasteiger partial charge in [-0.3, -0.25) is 4.79 Å². The number of nitrogens with one attached hydrogen (secondary N) is 2. The summed E-state index contributed by atoms with van der Waals surface area (Å²) in [4.78, 5) is 26.8. The maximum Gasteiger partial charge on any atom is 0.319 e. The van der Waals surface area contributed by atoms with E-state index in [1.165, 1.54) is 0 Å². The van der Waals surface area contributed by atoms with Crippen LogP contribution in [0.4, 0.5) is 10.5 Å². The Hall–Kier alpha value is -3.83. The van der Waals surface area contributed by atoms with Crippen LogP contribution in [0.3, 0.4) is 0 Å². The number of amides is 3. The Morgan fingerprint density at radius 3 is 2.50 bits per heavy atom. The largest absolute Gasteiger partial charge is 0.383 e. The van der Waals surface area contributed by atoms with Gasteiger partial charge in [0.05, 0.1) is 23.4 Å². The molecule has 0 unspecified atom stereocenters. The fraction of sp³-hybridized carbons (Fsp3) is 0.393. The number of hydrogen-bond donors (Lipinski definition) is 2. The Morgan fingerprint density at radius 1 is 1.19 bits per heavy atom. The van der Waals surface area contributed by atoms with Crippen LogP contribution >= 0.6 is 0 Å². The summed E-state index contributed by atoms with van der Waals surface area (Å²) in [5, 5.41) is 16.7. The second-order valence-corrected chi connectivity index (χ2v) is 9.57. The monoisotopic (exact) mass is 487 g/mol. The van der Waals surface area contributed by atoms with Crippen LogP contribution < -0.4 is 10.6 Å². The lowest BCUT2D eigenvalue weighted by Crippen LogP contribution is -2.34. The highest BCUT2D eigenvalue weighted by Crippen LogP contribution is 2.43. The molecule has 1 heterocycles. The molecule has 188 valence electrons. The van der Waals surface area contributed by atoms with E-state index >= 15 is 0 Å². The van der Waals surface area contributed by atoms with Gasteiger partial charge in [0.2, 0.25) is 0 Å². The molecule has 0 radical (unpaired) electrons. The molecule has 1 aromatic heterocycles. The molecule has 1 saturated carbocycles. The van der Waals surface area contributed by atoms with E-state index in [2.05, 4.69) is 21.3 Å². The molecule has 2 aromatic carbocycles. The maximum atomic E-state index is 13.0. The number of carbonyl (C=O) groups excluding carboxylic acids is 2. The van der Waals surface area contributed by atoms with E-state index in [4.69, 9.17) is 4.74 Å². The standard InChI is InChI=1S/C28H33N5O3/c1-18(2)30-28(35)31-21-11-8-19(9-12-21)26-24(17-29)23-13-10-20(27(34)32(3)14-15-36-4)16-25(23)33(26)22-6-5-7-22/h8-13,16,18,22H,5-7,14-15H2,1-4H3,(H2,30,31,35). The molecule has 36 heavy (non-hydrogen) atoms. The van der Waals surface area contributed by atoms with Crippen molar-refractivity contribution in [1.29, 1.82) is 5.26 Å². The van der Waals surface area contributed by atoms with Gasteiger partial charge in [-0.05, 0) is 62.9 Å². The number of nitriles is 1. The van der Waals surface area contributed by atoms with Crippen LogP contribution in [0.25, 0.3) is 22.2 Å². The third kappa shape index (κ3) is 5.07. The molecule has 0 aliphatic heterocycles. The Labute approximate surface area is 211 Å². The summed E-state index contributed by atoms with van der Waals surface area (Å²) in [6.45, 7) is 4.78. The van der Waals surface area contributed by atoms with Crippen molar-refractivity contribution in [3.63, 3.8) is 0 Å². The van der Waals surface area contributed by atoms with Gasteiger partial charge < -0.3 is 24.8 Å². The third-order valence-corrected chi connectivity index (χ3v) is 6.62. The molecular weight excluding hydrogens is 454 g/mol. The Bertz CT molecular complexity index is 1300. The van der Waals surface area contributed by atoms with Crippen molar-refractivity contribution in [2.24, 2.45) is 0 Å². The number of rotatable bonds is 8. The topological polar surface area (TPSA) is 99.4 Å². The Kier molecular flexibility index (Phi) is 7.61. The van der Waals surface area contributed by atoms with E-state index in [1.807, 2.05) is 50.2 Å². The summed E-state index contributed by atoms with van der Waals surface area (Å²) in [6, 6.07) is 15.6. The molecule has 1 fully saturated rings. The Balaban J connectivity index is 1.75. The van der Waals surface area contributed by atoms with Crippen molar-refractivity contribution in [2.45, 2.75) is 45.2 Å². The van der Waals surface area contributed by atoms with Crippen LogP contribution in [0.2, 0.25) is 0 Å². The Morgan fingerprint density at radius 2 is 1.92 bits per heavy atom. The smallest absolute Gasteiger partial charge is 0.319 e. The van der Waals surface area contributed by atoms with Crippen molar-refractivity contribution >= 4 is 28.5 Å². The second-order valence-electron chi connectivity index (χ2n) is 9.57. The zero-order chi connectivity index (χ0) is 25.8. The maximum absolute atomic E-state index is 13.0. The quantitative estimate of drug-likeness (QED) is 0.459. The number of carbonyl (C=O) groups is 2.